The number of nitrogens with zero attached hydrogens (tertiary/aromatic N) is 2. The van der Waals surface area contributed by atoms with Crippen molar-refractivity contribution in [1.29, 1.82) is 0 Å². The summed E-state index contributed by atoms with van der Waals surface area (Å²) in [4.78, 5) is 16.3. The minimum atomic E-state index is -0.543. The molecular weight excluding hydrogens is 297 g/mol. The number of hydrogen-bond acceptors (Lipinski definition) is 4. The standard InChI is InChI=1S/C17H26FN3O2/c1-3-15-11-21(9-8-20(15)10-12(2)22)16(17(19)23)13-4-6-14(18)7-5-13/h4-7,12,15-16,22H,3,8-11H2,1-2H3,(H2,19,23)/t12-,15-,16-/m1/s1. The summed E-state index contributed by atoms with van der Waals surface area (Å²) in [5.74, 6) is -0.749. The minimum absolute atomic E-state index is 0.264. The molecule has 1 saturated heterocycles. The Bertz CT molecular complexity index is 521. The van der Waals surface area contributed by atoms with Crippen LogP contribution in [0, 0.1) is 5.82 Å². The van der Waals surface area contributed by atoms with Crippen molar-refractivity contribution in [2.75, 3.05) is 26.2 Å². The second kappa shape index (κ2) is 7.86. The van der Waals surface area contributed by atoms with Crippen LogP contribution in [0.5, 0.6) is 0 Å². The summed E-state index contributed by atoms with van der Waals surface area (Å²) < 4.78 is 13.1. The largest absolute Gasteiger partial charge is 0.392 e. The van der Waals surface area contributed by atoms with Crippen molar-refractivity contribution in [2.24, 2.45) is 5.73 Å². The maximum absolute atomic E-state index is 13.1. The fraction of sp³-hybridized carbons (Fsp3) is 0.588. The molecule has 0 radical (unpaired) electrons. The topological polar surface area (TPSA) is 69.8 Å². The smallest absolute Gasteiger partial charge is 0.239 e. The van der Waals surface area contributed by atoms with E-state index in [1.165, 1.54) is 12.1 Å². The summed E-state index contributed by atoms with van der Waals surface area (Å²) in [5, 5.41) is 9.62. The first-order valence-corrected chi connectivity index (χ1v) is 8.13. The SMILES string of the molecule is CC[C@@H]1CN([C@@H](C(N)=O)c2ccc(F)cc2)CCN1C[C@@H](C)O. The number of rotatable bonds is 6. The molecule has 0 unspecified atom stereocenters. The zero-order chi connectivity index (χ0) is 17.0. The summed E-state index contributed by atoms with van der Waals surface area (Å²) in [6, 6.07) is 5.67. The van der Waals surface area contributed by atoms with Gasteiger partial charge < -0.3 is 10.8 Å². The summed E-state index contributed by atoms with van der Waals surface area (Å²) in [5.41, 5.74) is 6.33. The number of carbonyl (C=O) groups excluding carboxylic acids is 1. The first-order chi connectivity index (χ1) is 10.9. The molecule has 3 atom stereocenters. The lowest BCUT2D eigenvalue weighted by atomic mass is 10.0. The number of β-amino-alcohol motifs (C(OH)–C–C–N with tert-alkyl or cyclic N) is 1. The van der Waals surface area contributed by atoms with Gasteiger partial charge in [-0.05, 0) is 31.0 Å². The van der Waals surface area contributed by atoms with Crippen molar-refractivity contribution >= 4 is 5.91 Å². The second-order valence-corrected chi connectivity index (χ2v) is 6.26. The van der Waals surface area contributed by atoms with Gasteiger partial charge in [0.15, 0.2) is 0 Å². The molecule has 3 N–H and O–H groups in total. The van der Waals surface area contributed by atoms with Gasteiger partial charge in [-0.25, -0.2) is 4.39 Å². The Balaban J connectivity index is 2.15. The normalized spacial score (nSPS) is 22.7. The Labute approximate surface area is 136 Å². The summed E-state index contributed by atoms with van der Waals surface area (Å²) >= 11 is 0. The number of piperazine rings is 1. The number of primary amides is 1. The fourth-order valence-electron chi connectivity index (χ4n) is 3.32. The van der Waals surface area contributed by atoms with Gasteiger partial charge in [-0.15, -0.1) is 0 Å². The highest BCUT2D eigenvalue weighted by atomic mass is 19.1. The van der Waals surface area contributed by atoms with Crippen LogP contribution in [0.15, 0.2) is 24.3 Å². The van der Waals surface area contributed by atoms with Crippen LogP contribution in [0.1, 0.15) is 31.9 Å². The summed E-state index contributed by atoms with van der Waals surface area (Å²) in [7, 11) is 0. The van der Waals surface area contributed by atoms with Crippen molar-refractivity contribution in [2.45, 2.75) is 38.5 Å². The lowest BCUT2D eigenvalue weighted by molar-refractivity contribution is -0.125. The minimum Gasteiger partial charge on any atom is -0.392 e. The Morgan fingerprint density at radius 1 is 1.39 bits per heavy atom. The lowest BCUT2D eigenvalue weighted by Gasteiger charge is -2.44. The number of benzene rings is 1. The first kappa shape index (κ1) is 17.8. The number of hydrogen-bond donors (Lipinski definition) is 2. The molecule has 0 bridgehead atoms. The van der Waals surface area contributed by atoms with Gasteiger partial charge >= 0.3 is 0 Å². The van der Waals surface area contributed by atoms with Crippen LogP contribution < -0.4 is 5.73 Å². The molecule has 0 aliphatic carbocycles. The van der Waals surface area contributed by atoms with E-state index in [0.717, 1.165) is 18.5 Å². The van der Waals surface area contributed by atoms with Crippen LogP contribution >= 0.6 is 0 Å². The average molecular weight is 323 g/mol. The third-order valence-corrected chi connectivity index (χ3v) is 4.43. The number of halogens is 1. The second-order valence-electron chi connectivity index (χ2n) is 6.26. The molecule has 128 valence electrons. The number of aliphatic hydroxyl groups is 1. The average Bonchev–Trinajstić information content (AvgIpc) is 2.50. The molecular formula is C17H26FN3O2. The molecule has 2 rings (SSSR count). The number of aliphatic hydroxyl groups excluding tert-OH is 1. The van der Waals surface area contributed by atoms with Crippen molar-refractivity contribution in [3.05, 3.63) is 35.6 Å². The van der Waals surface area contributed by atoms with Gasteiger partial charge in [-0.3, -0.25) is 14.6 Å². The zero-order valence-corrected chi connectivity index (χ0v) is 13.8. The highest BCUT2D eigenvalue weighted by molar-refractivity contribution is 5.81. The molecule has 0 saturated carbocycles. The van der Waals surface area contributed by atoms with Gasteiger partial charge in [0.1, 0.15) is 11.9 Å². The van der Waals surface area contributed by atoms with Crippen molar-refractivity contribution in [3.8, 4) is 0 Å². The van der Waals surface area contributed by atoms with E-state index in [1.807, 2.05) is 0 Å². The molecule has 5 nitrogen and oxygen atoms in total. The van der Waals surface area contributed by atoms with Crippen LogP contribution in [0.2, 0.25) is 0 Å². The summed E-state index contributed by atoms with van der Waals surface area (Å²) in [6.07, 6.45) is 0.553. The molecule has 1 aromatic carbocycles. The third kappa shape index (κ3) is 4.50. The predicted molar refractivity (Wildman–Crippen MR) is 87.2 cm³/mol. The Kier molecular flexibility index (Phi) is 6.10. The Hall–Kier alpha value is -1.50. The first-order valence-electron chi connectivity index (χ1n) is 8.13. The lowest BCUT2D eigenvalue weighted by Crippen LogP contribution is -2.56. The molecule has 0 spiro atoms. The van der Waals surface area contributed by atoms with Crippen LogP contribution in [0.4, 0.5) is 4.39 Å². The van der Waals surface area contributed by atoms with Crippen molar-refractivity contribution in [1.82, 2.24) is 9.80 Å². The highest BCUT2D eigenvalue weighted by Gasteiger charge is 2.33. The molecule has 0 aromatic heterocycles. The predicted octanol–water partition coefficient (Wildman–Crippen LogP) is 1.13. The molecule has 1 amide bonds. The van der Waals surface area contributed by atoms with Crippen LogP contribution in [0.3, 0.4) is 0 Å². The molecule has 1 aliphatic heterocycles. The summed E-state index contributed by atoms with van der Waals surface area (Å²) in [6.45, 7) is 6.67. The van der Waals surface area contributed by atoms with Gasteiger partial charge in [-0.2, -0.15) is 0 Å². The van der Waals surface area contributed by atoms with E-state index in [9.17, 15) is 14.3 Å². The van der Waals surface area contributed by atoms with Gasteiger partial charge in [-0.1, -0.05) is 19.1 Å². The van der Waals surface area contributed by atoms with E-state index in [4.69, 9.17) is 5.73 Å². The van der Waals surface area contributed by atoms with Crippen molar-refractivity contribution in [3.63, 3.8) is 0 Å². The monoisotopic (exact) mass is 323 g/mol. The van der Waals surface area contributed by atoms with Crippen LogP contribution in [-0.2, 0) is 4.79 Å². The van der Waals surface area contributed by atoms with E-state index in [0.29, 0.717) is 19.6 Å². The van der Waals surface area contributed by atoms with E-state index in [2.05, 4.69) is 16.7 Å². The quantitative estimate of drug-likeness (QED) is 0.823. The van der Waals surface area contributed by atoms with Crippen molar-refractivity contribution < 1.29 is 14.3 Å². The molecule has 1 aliphatic rings. The van der Waals surface area contributed by atoms with Gasteiger partial charge in [0.2, 0.25) is 5.91 Å². The molecule has 23 heavy (non-hydrogen) atoms. The van der Waals surface area contributed by atoms with E-state index in [1.54, 1.807) is 19.1 Å². The van der Waals surface area contributed by atoms with E-state index in [-0.39, 0.29) is 18.0 Å². The Morgan fingerprint density at radius 3 is 2.57 bits per heavy atom. The molecule has 1 fully saturated rings. The number of nitrogens with two attached hydrogens (primary N) is 1. The van der Waals surface area contributed by atoms with Gasteiger partial charge in [0, 0.05) is 32.2 Å². The zero-order valence-electron chi connectivity index (χ0n) is 13.8. The molecule has 1 heterocycles. The maximum atomic E-state index is 13.1. The number of amides is 1. The molecule has 1 aromatic rings. The fourth-order valence-corrected chi connectivity index (χ4v) is 3.32. The highest BCUT2D eigenvalue weighted by Crippen LogP contribution is 2.25. The van der Waals surface area contributed by atoms with Gasteiger partial charge in [0.05, 0.1) is 6.10 Å². The Morgan fingerprint density at radius 2 is 2.04 bits per heavy atom. The van der Waals surface area contributed by atoms with Crippen LogP contribution in [0.25, 0.3) is 0 Å². The third-order valence-electron chi connectivity index (χ3n) is 4.43. The number of carbonyl (C=O) groups is 1. The maximum Gasteiger partial charge on any atom is 0.239 e. The van der Waals surface area contributed by atoms with Gasteiger partial charge in [0.25, 0.3) is 0 Å². The molecule has 6 heteroatoms. The van der Waals surface area contributed by atoms with E-state index >= 15 is 0 Å². The van der Waals surface area contributed by atoms with Crippen LogP contribution in [-0.4, -0.2) is 59.1 Å². The van der Waals surface area contributed by atoms with E-state index < -0.39 is 11.9 Å².